The summed E-state index contributed by atoms with van der Waals surface area (Å²) in [5.41, 5.74) is 3.04. The molecule has 0 radical (unpaired) electrons. The van der Waals surface area contributed by atoms with Crippen LogP contribution in [0.15, 0.2) is 35.1 Å². The monoisotopic (exact) mass is 554 g/mol. The zero-order valence-electron chi connectivity index (χ0n) is 23.4. The zero-order valence-corrected chi connectivity index (χ0v) is 23.4. The van der Waals surface area contributed by atoms with E-state index in [0.717, 1.165) is 29.4 Å². The number of methoxy groups -OCH3 is 1. The molecule has 1 saturated carbocycles. The van der Waals surface area contributed by atoms with Crippen LogP contribution in [-0.2, 0) is 11.3 Å². The summed E-state index contributed by atoms with van der Waals surface area (Å²) in [7, 11) is 1.49. The number of hydrogen-bond donors (Lipinski definition) is 2. The summed E-state index contributed by atoms with van der Waals surface area (Å²) >= 11 is 0. The first-order valence-electron chi connectivity index (χ1n) is 13.8. The van der Waals surface area contributed by atoms with Gasteiger partial charge in [0.05, 0.1) is 24.8 Å². The molecule has 3 heterocycles. The van der Waals surface area contributed by atoms with Gasteiger partial charge in [-0.3, -0.25) is 14.4 Å². The number of H-pyrrole nitrogens is 1. The van der Waals surface area contributed by atoms with Gasteiger partial charge in [-0.1, -0.05) is 18.2 Å². The minimum absolute atomic E-state index is 0.0194. The lowest BCUT2D eigenvalue weighted by atomic mass is 9.79. The number of aromatic amines is 1. The van der Waals surface area contributed by atoms with Gasteiger partial charge in [-0.15, -0.1) is 0 Å². The molecule has 0 spiro atoms. The minimum atomic E-state index is -2.70. The number of carbonyl (C=O) groups is 2. The van der Waals surface area contributed by atoms with E-state index in [0.29, 0.717) is 35.7 Å². The standard InChI is InChI=1S/C30H36F2N4O4/c1-17-13-25(40-4)23(27(37)34-17)16-33-28(38)26-19(3)36(24-8-6-5-7-22(24)26)18(2)20-9-11-35(12-10-20)29(39)21-14-30(31,32)15-21/h5-8,13,18,20-21H,9-12,14-16H2,1-4H3,(H,33,38)(H,34,37)/t18-/m1/s1. The molecule has 2 aliphatic rings. The Morgan fingerprint density at radius 3 is 2.50 bits per heavy atom. The number of benzene rings is 1. The molecular formula is C30H36F2N4O4. The summed E-state index contributed by atoms with van der Waals surface area (Å²) in [4.78, 5) is 43.2. The fraction of sp³-hybridized carbons (Fsp3) is 0.500. The largest absolute Gasteiger partial charge is 0.496 e. The third-order valence-corrected chi connectivity index (χ3v) is 8.64. The van der Waals surface area contributed by atoms with E-state index in [1.165, 1.54) is 7.11 Å². The second-order valence-electron chi connectivity index (χ2n) is 11.2. The number of rotatable bonds is 7. The molecule has 5 rings (SSSR count). The molecule has 2 aromatic heterocycles. The number of pyridine rings is 1. The number of alkyl halides is 2. The van der Waals surface area contributed by atoms with E-state index in [2.05, 4.69) is 21.8 Å². The Morgan fingerprint density at radius 1 is 1.18 bits per heavy atom. The van der Waals surface area contributed by atoms with Gasteiger partial charge in [0.25, 0.3) is 11.5 Å². The lowest BCUT2D eigenvalue weighted by molar-refractivity contribution is -0.161. The first-order valence-corrected chi connectivity index (χ1v) is 13.8. The third-order valence-electron chi connectivity index (χ3n) is 8.64. The first kappa shape index (κ1) is 27.9. The lowest BCUT2D eigenvalue weighted by Crippen LogP contribution is -2.49. The van der Waals surface area contributed by atoms with E-state index in [1.807, 2.05) is 31.2 Å². The van der Waals surface area contributed by atoms with E-state index in [9.17, 15) is 23.2 Å². The SMILES string of the molecule is COc1cc(C)[nH]c(=O)c1CNC(=O)c1c(C)n([C@H](C)C2CCN(C(=O)C3CC(F)(F)C3)CC2)c2ccccc12. The van der Waals surface area contributed by atoms with Crippen molar-refractivity contribution in [1.82, 2.24) is 19.8 Å². The quantitative estimate of drug-likeness (QED) is 0.441. The van der Waals surface area contributed by atoms with E-state index in [4.69, 9.17) is 4.74 Å². The average molecular weight is 555 g/mol. The van der Waals surface area contributed by atoms with Crippen molar-refractivity contribution in [3.63, 3.8) is 0 Å². The van der Waals surface area contributed by atoms with Crippen molar-refractivity contribution in [1.29, 1.82) is 0 Å². The molecule has 1 aromatic carbocycles. The predicted molar refractivity (Wildman–Crippen MR) is 148 cm³/mol. The fourth-order valence-corrected chi connectivity index (χ4v) is 6.40. The summed E-state index contributed by atoms with van der Waals surface area (Å²) in [6.07, 6.45) is 0.845. The number of amides is 2. The number of carbonyl (C=O) groups excluding carboxylic acids is 2. The van der Waals surface area contributed by atoms with Crippen molar-refractivity contribution >= 4 is 22.7 Å². The molecule has 40 heavy (non-hydrogen) atoms. The van der Waals surface area contributed by atoms with Gasteiger partial charge < -0.3 is 24.5 Å². The van der Waals surface area contributed by atoms with Gasteiger partial charge in [0, 0.05) is 60.2 Å². The molecule has 2 fully saturated rings. The van der Waals surface area contributed by atoms with Crippen molar-refractivity contribution in [3.05, 3.63) is 63.2 Å². The summed E-state index contributed by atoms with van der Waals surface area (Å²) < 4.78 is 34.1. The maximum Gasteiger partial charge on any atom is 0.256 e. The number of likely N-dealkylation sites (tertiary alicyclic amines) is 1. The van der Waals surface area contributed by atoms with E-state index >= 15 is 0 Å². The zero-order chi connectivity index (χ0) is 28.8. The van der Waals surface area contributed by atoms with E-state index in [1.54, 1.807) is 17.9 Å². The van der Waals surface area contributed by atoms with Crippen LogP contribution in [0.1, 0.15) is 66.0 Å². The van der Waals surface area contributed by atoms with Crippen LogP contribution in [-0.4, -0.2) is 52.4 Å². The Morgan fingerprint density at radius 2 is 1.85 bits per heavy atom. The Balaban J connectivity index is 1.33. The molecule has 1 atom stereocenters. The maximum atomic E-state index is 13.5. The van der Waals surface area contributed by atoms with Crippen LogP contribution in [0.4, 0.5) is 8.78 Å². The third kappa shape index (κ3) is 5.11. The molecule has 2 N–H and O–H groups in total. The predicted octanol–water partition coefficient (Wildman–Crippen LogP) is 4.73. The van der Waals surface area contributed by atoms with Gasteiger partial charge in [0.1, 0.15) is 5.75 Å². The first-order chi connectivity index (χ1) is 19.0. The highest BCUT2D eigenvalue weighted by atomic mass is 19.3. The number of aromatic nitrogens is 2. The summed E-state index contributed by atoms with van der Waals surface area (Å²) in [5.74, 6) is -3.01. The van der Waals surface area contributed by atoms with Crippen molar-refractivity contribution in [2.75, 3.05) is 20.2 Å². The molecule has 8 nitrogen and oxygen atoms in total. The van der Waals surface area contributed by atoms with Crippen LogP contribution in [0.25, 0.3) is 10.9 Å². The molecule has 2 amide bonds. The second-order valence-corrected chi connectivity index (χ2v) is 11.2. The lowest BCUT2D eigenvalue weighted by Gasteiger charge is -2.41. The van der Waals surface area contributed by atoms with Gasteiger partial charge >= 0.3 is 0 Å². The van der Waals surface area contributed by atoms with Crippen LogP contribution in [0.3, 0.4) is 0 Å². The Hall–Kier alpha value is -3.69. The van der Waals surface area contributed by atoms with Gasteiger partial charge in [-0.05, 0) is 51.7 Å². The van der Waals surface area contributed by atoms with Crippen molar-refractivity contribution in [2.24, 2.45) is 11.8 Å². The highest BCUT2D eigenvalue weighted by Gasteiger charge is 2.50. The van der Waals surface area contributed by atoms with Crippen molar-refractivity contribution in [2.45, 2.75) is 65.0 Å². The normalized spacial score (nSPS) is 18.4. The Bertz CT molecular complexity index is 1500. The van der Waals surface area contributed by atoms with Crippen LogP contribution in [0, 0.1) is 25.7 Å². The number of fused-ring (bicyclic) bond motifs is 1. The highest BCUT2D eigenvalue weighted by molar-refractivity contribution is 6.08. The number of hydrogen-bond acceptors (Lipinski definition) is 4. The number of nitrogens with one attached hydrogen (secondary N) is 2. The fourth-order valence-electron chi connectivity index (χ4n) is 6.40. The molecule has 10 heteroatoms. The summed E-state index contributed by atoms with van der Waals surface area (Å²) in [5, 5.41) is 3.74. The van der Waals surface area contributed by atoms with Crippen LogP contribution >= 0.6 is 0 Å². The molecule has 1 saturated heterocycles. The molecule has 1 aliphatic heterocycles. The van der Waals surface area contributed by atoms with Gasteiger partial charge in [0.2, 0.25) is 11.8 Å². The van der Waals surface area contributed by atoms with Crippen LogP contribution < -0.4 is 15.6 Å². The minimum Gasteiger partial charge on any atom is -0.496 e. The number of piperidine rings is 1. The summed E-state index contributed by atoms with van der Waals surface area (Å²) in [6.45, 7) is 6.95. The van der Waals surface area contributed by atoms with Gasteiger partial charge in [0.15, 0.2) is 0 Å². The van der Waals surface area contributed by atoms with E-state index in [-0.39, 0.29) is 48.7 Å². The topological polar surface area (TPSA) is 96.4 Å². The Kier molecular flexibility index (Phi) is 7.46. The van der Waals surface area contributed by atoms with Crippen molar-refractivity contribution < 1.29 is 23.1 Å². The number of nitrogens with zero attached hydrogens (tertiary/aromatic N) is 2. The van der Waals surface area contributed by atoms with Gasteiger partial charge in [-0.25, -0.2) is 8.78 Å². The average Bonchev–Trinajstić information content (AvgIpc) is 3.21. The molecule has 3 aromatic rings. The molecule has 0 unspecified atom stereocenters. The maximum absolute atomic E-state index is 13.5. The summed E-state index contributed by atoms with van der Waals surface area (Å²) in [6, 6.07) is 9.54. The number of para-hydroxylation sites is 1. The highest BCUT2D eigenvalue weighted by Crippen LogP contribution is 2.44. The van der Waals surface area contributed by atoms with Crippen LogP contribution in [0.5, 0.6) is 5.75 Å². The van der Waals surface area contributed by atoms with Crippen molar-refractivity contribution in [3.8, 4) is 5.75 Å². The molecule has 1 aliphatic carbocycles. The number of aryl methyl sites for hydroxylation is 1. The van der Waals surface area contributed by atoms with Gasteiger partial charge in [-0.2, -0.15) is 0 Å². The number of halogens is 2. The second kappa shape index (κ2) is 10.7. The molecular weight excluding hydrogens is 518 g/mol. The van der Waals surface area contributed by atoms with Crippen LogP contribution in [0.2, 0.25) is 0 Å². The van der Waals surface area contributed by atoms with E-state index < -0.39 is 11.8 Å². The molecule has 0 bridgehead atoms. The Labute approximate surface area is 231 Å². The molecule has 214 valence electrons. The number of ether oxygens (including phenoxy) is 1. The smallest absolute Gasteiger partial charge is 0.256 e.